The first-order chi connectivity index (χ1) is 10.1. The molecule has 1 rings (SSSR count). The summed E-state index contributed by atoms with van der Waals surface area (Å²) in [5, 5.41) is 0. The summed E-state index contributed by atoms with van der Waals surface area (Å²) < 4.78 is 15.8. The lowest BCUT2D eigenvalue weighted by Gasteiger charge is -2.49. The lowest BCUT2D eigenvalue weighted by molar-refractivity contribution is 0.00578. The maximum atomic E-state index is 6.48. The van der Waals surface area contributed by atoms with E-state index in [1.165, 1.54) is 19.3 Å². The van der Waals surface area contributed by atoms with E-state index in [0.29, 0.717) is 5.94 Å². The first kappa shape index (κ1) is 21.4. The first-order valence-corrected chi connectivity index (χ1v) is 16.2. The van der Waals surface area contributed by atoms with Crippen molar-refractivity contribution in [3.05, 3.63) is 0 Å². The number of nitrogens with zero attached hydrogens (tertiary/aromatic N) is 1. The highest BCUT2D eigenvalue weighted by molar-refractivity contribution is 6.90. The zero-order valence-electron chi connectivity index (χ0n) is 17.5. The molecule has 0 aromatic carbocycles. The molecule has 0 bridgehead atoms. The molecule has 0 aromatic heterocycles. The summed E-state index contributed by atoms with van der Waals surface area (Å²) in [6.45, 7) is 25.7. The van der Waals surface area contributed by atoms with Gasteiger partial charge in [0.1, 0.15) is 16.5 Å². The van der Waals surface area contributed by atoms with E-state index in [-0.39, 0.29) is 18.3 Å². The second-order valence-corrected chi connectivity index (χ2v) is 20.1. The normalized spacial score (nSPS) is 22.7. The highest BCUT2D eigenvalue weighted by atomic mass is 28.4. The fourth-order valence-electron chi connectivity index (χ4n) is 3.85. The Bertz CT molecular complexity index is 372. The summed E-state index contributed by atoms with van der Waals surface area (Å²) >= 11 is 0. The predicted octanol–water partition coefficient (Wildman–Crippen LogP) is 5.15. The second kappa shape index (κ2) is 6.94. The van der Waals surface area contributed by atoms with Crippen LogP contribution in [-0.2, 0) is 9.31 Å². The van der Waals surface area contributed by atoms with Crippen LogP contribution in [0.3, 0.4) is 0 Å². The maximum Gasteiger partial charge on any atom is 0.474 e. The Labute approximate surface area is 147 Å². The zero-order chi connectivity index (χ0) is 18.3. The van der Waals surface area contributed by atoms with Crippen molar-refractivity contribution >= 4 is 23.6 Å². The van der Waals surface area contributed by atoms with Crippen molar-refractivity contribution in [3.63, 3.8) is 0 Å². The molecule has 1 saturated heterocycles. The van der Waals surface area contributed by atoms with Crippen molar-refractivity contribution in [1.29, 1.82) is 0 Å². The van der Waals surface area contributed by atoms with Crippen LogP contribution in [0, 0.1) is 0 Å². The van der Waals surface area contributed by atoms with E-state index in [0.717, 1.165) is 0 Å². The molecule has 3 nitrogen and oxygen atoms in total. The number of unbranched alkanes of at least 4 members (excludes halogenated alkanes) is 1. The predicted molar refractivity (Wildman–Crippen MR) is 108 cm³/mol. The van der Waals surface area contributed by atoms with Crippen molar-refractivity contribution in [3.8, 4) is 0 Å². The molecule has 0 spiro atoms. The van der Waals surface area contributed by atoms with Gasteiger partial charge in [0.25, 0.3) is 0 Å². The Morgan fingerprint density at radius 1 is 0.870 bits per heavy atom. The van der Waals surface area contributed by atoms with Crippen LogP contribution in [0.15, 0.2) is 0 Å². The van der Waals surface area contributed by atoms with Crippen LogP contribution in [0.4, 0.5) is 0 Å². The minimum Gasteiger partial charge on any atom is -0.402 e. The van der Waals surface area contributed by atoms with Gasteiger partial charge < -0.3 is 13.5 Å². The molecule has 1 heterocycles. The van der Waals surface area contributed by atoms with Crippen molar-refractivity contribution in [1.82, 2.24) is 4.23 Å². The Morgan fingerprint density at radius 3 is 1.57 bits per heavy atom. The molecule has 1 unspecified atom stereocenters. The van der Waals surface area contributed by atoms with Gasteiger partial charge >= 0.3 is 7.12 Å². The van der Waals surface area contributed by atoms with Gasteiger partial charge in [0.15, 0.2) is 0 Å². The van der Waals surface area contributed by atoms with E-state index >= 15 is 0 Å². The van der Waals surface area contributed by atoms with Gasteiger partial charge in [-0.25, -0.2) is 0 Å². The van der Waals surface area contributed by atoms with Crippen LogP contribution in [0.1, 0.15) is 53.9 Å². The van der Waals surface area contributed by atoms with Crippen molar-refractivity contribution in [2.24, 2.45) is 0 Å². The number of hydrogen-bond acceptors (Lipinski definition) is 3. The Balaban J connectivity index is 3.19. The summed E-state index contributed by atoms with van der Waals surface area (Å²) in [5.41, 5.74) is -0.487. The molecule has 1 fully saturated rings. The van der Waals surface area contributed by atoms with Gasteiger partial charge in [-0.2, -0.15) is 0 Å². The standard InChI is InChI=1S/C17H40BNO2Si2/c1-12-13-14-15(19(22(6,7)8)23(9,10)11)18-20-16(2,3)17(4,5)21-18/h15H,12-14H2,1-11H3. The average Bonchev–Trinajstić information content (AvgIpc) is 2.50. The molecule has 136 valence electrons. The van der Waals surface area contributed by atoms with Crippen LogP contribution in [0.5, 0.6) is 0 Å². The molecular formula is C17H40BNO2Si2. The Hall–Kier alpha value is 0.379. The molecule has 1 aliphatic heterocycles. The van der Waals surface area contributed by atoms with Crippen molar-refractivity contribution in [2.75, 3.05) is 0 Å². The summed E-state index contributed by atoms with van der Waals surface area (Å²) in [7, 11) is -3.03. The van der Waals surface area contributed by atoms with E-state index in [9.17, 15) is 0 Å². The lowest BCUT2D eigenvalue weighted by atomic mass is 9.76. The molecule has 0 N–H and O–H groups in total. The first-order valence-electron chi connectivity index (χ1n) is 9.28. The van der Waals surface area contributed by atoms with E-state index < -0.39 is 16.5 Å². The quantitative estimate of drug-likeness (QED) is 0.588. The van der Waals surface area contributed by atoms with Gasteiger partial charge in [-0.3, -0.25) is 0 Å². The van der Waals surface area contributed by atoms with Crippen LogP contribution in [-0.4, -0.2) is 45.0 Å². The molecule has 1 atom stereocenters. The third-order valence-electron chi connectivity index (χ3n) is 5.22. The molecule has 0 radical (unpaired) electrons. The SMILES string of the molecule is CCCCC(B1OC(C)(C)C(C)(C)O1)N([Si](C)(C)C)[Si](C)(C)C. The minimum atomic E-state index is -1.46. The van der Waals surface area contributed by atoms with Gasteiger partial charge in [-0.15, -0.1) is 0 Å². The van der Waals surface area contributed by atoms with E-state index in [2.05, 4.69) is 78.1 Å². The molecule has 23 heavy (non-hydrogen) atoms. The van der Waals surface area contributed by atoms with Crippen LogP contribution >= 0.6 is 0 Å². The summed E-state index contributed by atoms with van der Waals surface area (Å²) in [6, 6.07) is 0. The van der Waals surface area contributed by atoms with Crippen molar-refractivity contribution < 1.29 is 9.31 Å². The van der Waals surface area contributed by atoms with Gasteiger partial charge in [-0.1, -0.05) is 59.0 Å². The van der Waals surface area contributed by atoms with Gasteiger partial charge in [0.05, 0.1) is 11.2 Å². The van der Waals surface area contributed by atoms with E-state index in [1.807, 2.05) is 0 Å². The number of hydrogen-bond donors (Lipinski definition) is 0. The van der Waals surface area contributed by atoms with Gasteiger partial charge in [0.2, 0.25) is 0 Å². The van der Waals surface area contributed by atoms with E-state index in [1.54, 1.807) is 0 Å². The second-order valence-electron chi connectivity index (χ2n) is 10.0. The fraction of sp³-hybridized carbons (Fsp3) is 1.00. The Morgan fingerprint density at radius 2 is 1.26 bits per heavy atom. The molecule has 0 aliphatic carbocycles. The topological polar surface area (TPSA) is 21.7 Å². The lowest BCUT2D eigenvalue weighted by Crippen LogP contribution is -2.67. The third kappa shape index (κ3) is 4.94. The van der Waals surface area contributed by atoms with Crippen LogP contribution in [0.25, 0.3) is 0 Å². The summed E-state index contributed by atoms with van der Waals surface area (Å²) in [5.74, 6) is 0.384. The number of rotatable bonds is 7. The summed E-state index contributed by atoms with van der Waals surface area (Å²) in [6.07, 6.45) is 3.63. The minimum absolute atomic E-state index is 0.106. The monoisotopic (exact) mass is 357 g/mol. The average molecular weight is 357 g/mol. The molecule has 0 saturated carbocycles. The highest BCUT2D eigenvalue weighted by Crippen LogP contribution is 2.40. The molecule has 1 aliphatic rings. The third-order valence-corrected chi connectivity index (χ3v) is 12.8. The largest absolute Gasteiger partial charge is 0.474 e. The molecular weight excluding hydrogens is 317 g/mol. The maximum absolute atomic E-state index is 6.48. The fourth-order valence-corrected chi connectivity index (χ4v) is 14.4. The van der Waals surface area contributed by atoms with Crippen LogP contribution < -0.4 is 0 Å². The Kier molecular flexibility index (Phi) is 6.47. The smallest absolute Gasteiger partial charge is 0.402 e. The summed E-state index contributed by atoms with van der Waals surface area (Å²) in [4.78, 5) is 0. The zero-order valence-corrected chi connectivity index (χ0v) is 19.5. The highest BCUT2D eigenvalue weighted by Gasteiger charge is 2.56. The van der Waals surface area contributed by atoms with Gasteiger partial charge in [-0.05, 0) is 34.1 Å². The van der Waals surface area contributed by atoms with Crippen molar-refractivity contribution in [2.45, 2.75) is 110 Å². The molecule has 0 aromatic rings. The van der Waals surface area contributed by atoms with E-state index in [4.69, 9.17) is 9.31 Å². The van der Waals surface area contributed by atoms with Gasteiger partial charge in [0, 0.05) is 5.94 Å². The molecule has 0 amide bonds. The molecule has 6 heteroatoms. The van der Waals surface area contributed by atoms with Crippen LogP contribution in [0.2, 0.25) is 39.3 Å².